The number of hydrogen-bond donors (Lipinski definition) is 0. The predicted octanol–water partition coefficient (Wildman–Crippen LogP) is 2.01. The van der Waals surface area contributed by atoms with Gasteiger partial charge in [0.15, 0.2) is 5.82 Å². The summed E-state index contributed by atoms with van der Waals surface area (Å²) in [5.74, 6) is -0.255. The van der Waals surface area contributed by atoms with E-state index in [2.05, 4.69) is 10.2 Å². The third-order valence-electron chi connectivity index (χ3n) is 2.35. The largest absolute Gasteiger partial charge is 0.314 e. The van der Waals surface area contributed by atoms with Crippen LogP contribution in [0.15, 0.2) is 24.5 Å². The van der Waals surface area contributed by atoms with Crippen molar-refractivity contribution in [2.45, 2.75) is 13.5 Å². The van der Waals surface area contributed by atoms with Crippen molar-refractivity contribution < 1.29 is 9.31 Å². The second-order valence-electron chi connectivity index (χ2n) is 3.36. The Morgan fingerprint density at radius 1 is 1.53 bits per heavy atom. The number of nitro benzene ring substituents is 1. The fourth-order valence-corrected chi connectivity index (χ4v) is 1.54. The second kappa shape index (κ2) is 4.28. The van der Waals surface area contributed by atoms with Gasteiger partial charge in [0.1, 0.15) is 12.1 Å². The summed E-state index contributed by atoms with van der Waals surface area (Å²) < 4.78 is 14.8. The number of benzene rings is 1. The number of halogens is 1. The lowest BCUT2D eigenvalue weighted by Crippen LogP contribution is -2.00. The first-order valence-corrected chi connectivity index (χ1v) is 4.95. The molecule has 0 unspecified atom stereocenters. The van der Waals surface area contributed by atoms with E-state index in [4.69, 9.17) is 0 Å². The highest BCUT2D eigenvalue weighted by Crippen LogP contribution is 2.28. The van der Waals surface area contributed by atoms with Gasteiger partial charge < -0.3 is 4.57 Å². The van der Waals surface area contributed by atoms with Gasteiger partial charge in [0.05, 0.1) is 10.5 Å². The molecular formula is C10H9FN4O2. The van der Waals surface area contributed by atoms with Gasteiger partial charge in [0.25, 0.3) is 5.69 Å². The highest BCUT2D eigenvalue weighted by atomic mass is 19.1. The van der Waals surface area contributed by atoms with E-state index >= 15 is 0 Å². The van der Waals surface area contributed by atoms with Gasteiger partial charge in [0, 0.05) is 12.6 Å². The molecule has 1 aromatic heterocycles. The van der Waals surface area contributed by atoms with Crippen LogP contribution in [0.4, 0.5) is 10.1 Å². The Kier molecular flexibility index (Phi) is 2.82. The topological polar surface area (TPSA) is 73.8 Å². The van der Waals surface area contributed by atoms with Gasteiger partial charge >= 0.3 is 0 Å². The molecule has 0 aliphatic heterocycles. The Morgan fingerprint density at radius 2 is 2.29 bits per heavy atom. The fraction of sp³-hybridized carbons (Fsp3) is 0.200. The molecule has 1 heterocycles. The average Bonchev–Trinajstić information content (AvgIpc) is 2.76. The minimum atomic E-state index is -0.566. The molecule has 0 spiro atoms. The third-order valence-corrected chi connectivity index (χ3v) is 2.35. The molecule has 0 bridgehead atoms. The van der Waals surface area contributed by atoms with Crippen LogP contribution in [0.2, 0.25) is 0 Å². The van der Waals surface area contributed by atoms with E-state index in [9.17, 15) is 14.5 Å². The van der Waals surface area contributed by atoms with Crippen LogP contribution in [-0.2, 0) is 6.54 Å². The van der Waals surface area contributed by atoms with Crippen molar-refractivity contribution in [2.75, 3.05) is 0 Å². The number of aryl methyl sites for hydroxylation is 1. The van der Waals surface area contributed by atoms with Gasteiger partial charge in [-0.15, -0.1) is 10.2 Å². The molecule has 17 heavy (non-hydrogen) atoms. The first-order chi connectivity index (χ1) is 8.13. The minimum Gasteiger partial charge on any atom is -0.314 e. The summed E-state index contributed by atoms with van der Waals surface area (Å²) in [4.78, 5) is 10.3. The van der Waals surface area contributed by atoms with Crippen LogP contribution in [0.25, 0.3) is 11.4 Å². The number of hydrogen-bond acceptors (Lipinski definition) is 4. The van der Waals surface area contributed by atoms with Crippen LogP contribution in [-0.4, -0.2) is 19.7 Å². The minimum absolute atomic E-state index is 0.134. The van der Waals surface area contributed by atoms with Gasteiger partial charge in [-0.2, -0.15) is 0 Å². The number of aromatic nitrogens is 3. The van der Waals surface area contributed by atoms with E-state index < -0.39 is 10.7 Å². The van der Waals surface area contributed by atoms with Gasteiger partial charge in [-0.05, 0) is 19.1 Å². The van der Waals surface area contributed by atoms with Crippen molar-refractivity contribution in [3.63, 3.8) is 0 Å². The quantitative estimate of drug-likeness (QED) is 0.603. The van der Waals surface area contributed by atoms with E-state index in [0.717, 1.165) is 18.2 Å². The summed E-state index contributed by atoms with van der Waals surface area (Å²) in [6, 6.07) is 3.27. The smallest absolute Gasteiger partial charge is 0.280 e. The van der Waals surface area contributed by atoms with E-state index in [1.165, 1.54) is 6.33 Å². The molecule has 6 nitrogen and oxygen atoms in total. The molecule has 2 rings (SSSR count). The van der Waals surface area contributed by atoms with Crippen molar-refractivity contribution in [3.05, 3.63) is 40.5 Å². The number of rotatable bonds is 3. The van der Waals surface area contributed by atoms with Crippen molar-refractivity contribution in [2.24, 2.45) is 0 Å². The molecule has 0 saturated carbocycles. The zero-order chi connectivity index (χ0) is 12.4. The molecular weight excluding hydrogens is 227 g/mol. The molecule has 0 fully saturated rings. The van der Waals surface area contributed by atoms with Crippen LogP contribution in [0, 0.1) is 15.9 Å². The molecule has 0 aliphatic rings. The summed E-state index contributed by atoms with van der Waals surface area (Å²) in [6.07, 6.45) is 1.45. The summed E-state index contributed by atoms with van der Waals surface area (Å²) in [6.45, 7) is 2.40. The lowest BCUT2D eigenvalue weighted by Gasteiger charge is -2.04. The number of nitro groups is 1. The standard InChI is InChI=1S/C10H9FN4O2/c1-2-14-6-12-13-10(14)8-5-7(11)3-4-9(8)15(16)17/h3-6H,2H2,1H3. The van der Waals surface area contributed by atoms with Crippen LogP contribution in [0.1, 0.15) is 6.92 Å². The third kappa shape index (κ3) is 1.99. The van der Waals surface area contributed by atoms with Crippen LogP contribution >= 0.6 is 0 Å². The predicted molar refractivity (Wildman–Crippen MR) is 57.7 cm³/mol. The second-order valence-corrected chi connectivity index (χ2v) is 3.36. The maximum Gasteiger partial charge on any atom is 0.280 e. The van der Waals surface area contributed by atoms with E-state index in [1.54, 1.807) is 4.57 Å². The molecule has 7 heteroatoms. The molecule has 2 aromatic rings. The normalized spacial score (nSPS) is 10.5. The molecule has 88 valence electrons. The van der Waals surface area contributed by atoms with Crippen LogP contribution in [0.3, 0.4) is 0 Å². The molecule has 0 aliphatic carbocycles. The lowest BCUT2D eigenvalue weighted by molar-refractivity contribution is -0.384. The molecule has 0 saturated heterocycles. The van der Waals surface area contributed by atoms with E-state index in [1.807, 2.05) is 6.92 Å². The van der Waals surface area contributed by atoms with Gasteiger partial charge in [-0.25, -0.2) is 4.39 Å². The SMILES string of the molecule is CCn1cnnc1-c1cc(F)ccc1[N+](=O)[O-]. The molecule has 0 N–H and O–H groups in total. The Morgan fingerprint density at radius 3 is 2.94 bits per heavy atom. The van der Waals surface area contributed by atoms with Crippen molar-refractivity contribution in [1.29, 1.82) is 0 Å². The van der Waals surface area contributed by atoms with Crippen LogP contribution < -0.4 is 0 Å². The first-order valence-electron chi connectivity index (χ1n) is 4.95. The van der Waals surface area contributed by atoms with Gasteiger partial charge in [0.2, 0.25) is 0 Å². The van der Waals surface area contributed by atoms with Gasteiger partial charge in [-0.3, -0.25) is 10.1 Å². The molecule has 0 radical (unpaired) electrons. The van der Waals surface area contributed by atoms with Crippen LogP contribution in [0.5, 0.6) is 0 Å². The highest BCUT2D eigenvalue weighted by Gasteiger charge is 2.20. The monoisotopic (exact) mass is 236 g/mol. The van der Waals surface area contributed by atoms with Crippen molar-refractivity contribution in [1.82, 2.24) is 14.8 Å². The maximum atomic E-state index is 13.2. The molecule has 0 amide bonds. The van der Waals surface area contributed by atoms with Crippen molar-refractivity contribution in [3.8, 4) is 11.4 Å². The van der Waals surface area contributed by atoms with E-state index in [-0.39, 0.29) is 11.3 Å². The zero-order valence-electron chi connectivity index (χ0n) is 9.00. The zero-order valence-corrected chi connectivity index (χ0v) is 9.00. The fourth-order valence-electron chi connectivity index (χ4n) is 1.54. The summed E-state index contributed by atoms with van der Waals surface area (Å²) in [7, 11) is 0. The molecule has 0 atom stereocenters. The Bertz CT molecular complexity index is 567. The summed E-state index contributed by atoms with van der Waals surface area (Å²) in [5, 5.41) is 18.3. The first kappa shape index (κ1) is 11.2. The Hall–Kier alpha value is -2.31. The molecule has 1 aromatic carbocycles. The van der Waals surface area contributed by atoms with Crippen molar-refractivity contribution >= 4 is 5.69 Å². The van der Waals surface area contributed by atoms with Gasteiger partial charge in [-0.1, -0.05) is 0 Å². The lowest BCUT2D eigenvalue weighted by atomic mass is 10.1. The Labute approximate surface area is 95.9 Å². The highest BCUT2D eigenvalue weighted by molar-refractivity contribution is 5.68. The summed E-state index contributed by atoms with van der Waals surface area (Å²) in [5.41, 5.74) is -0.0524. The maximum absolute atomic E-state index is 13.2. The van der Waals surface area contributed by atoms with E-state index in [0.29, 0.717) is 12.4 Å². The Balaban J connectivity index is 2.65. The number of nitrogens with zero attached hydrogens (tertiary/aromatic N) is 4. The summed E-state index contributed by atoms with van der Waals surface area (Å²) >= 11 is 0. The average molecular weight is 236 g/mol.